The van der Waals surface area contributed by atoms with Crippen molar-refractivity contribution in [1.29, 1.82) is 0 Å². The molecular weight excluding hydrogens is 226 g/mol. The Morgan fingerprint density at radius 2 is 1.89 bits per heavy atom. The number of ether oxygens (including phenoxy) is 1. The molecule has 0 heterocycles. The zero-order chi connectivity index (χ0) is 13.2. The quantitative estimate of drug-likeness (QED) is 0.664. The standard InChI is InChI=1S/C15H29NO2/c1-11(2)8-12(3)18-10-15(9-17,13-4-5-13)16-14-6-7-14/h11-14,16-17H,4-10H2,1-3H3. The Hall–Kier alpha value is -0.120. The molecule has 106 valence electrons. The molecule has 2 fully saturated rings. The highest BCUT2D eigenvalue weighted by Gasteiger charge is 2.47. The number of nitrogens with one attached hydrogen (secondary N) is 1. The van der Waals surface area contributed by atoms with Crippen molar-refractivity contribution in [3.05, 3.63) is 0 Å². The number of hydrogen-bond donors (Lipinski definition) is 2. The molecule has 2 N–H and O–H groups in total. The Bertz CT molecular complexity index is 261. The first-order valence-corrected chi connectivity index (χ1v) is 7.56. The fourth-order valence-corrected chi connectivity index (χ4v) is 2.79. The Morgan fingerprint density at radius 3 is 2.33 bits per heavy atom. The number of aliphatic hydroxyl groups is 1. The fourth-order valence-electron chi connectivity index (χ4n) is 2.79. The first kappa shape index (κ1) is 14.3. The van der Waals surface area contributed by atoms with Gasteiger partial charge in [0.1, 0.15) is 0 Å². The predicted octanol–water partition coefficient (Wildman–Crippen LogP) is 2.33. The van der Waals surface area contributed by atoms with Crippen LogP contribution in [0.25, 0.3) is 0 Å². The van der Waals surface area contributed by atoms with Gasteiger partial charge in [-0.2, -0.15) is 0 Å². The first-order valence-electron chi connectivity index (χ1n) is 7.56. The van der Waals surface area contributed by atoms with E-state index in [1.807, 2.05) is 0 Å². The van der Waals surface area contributed by atoms with Gasteiger partial charge in [0.05, 0.1) is 24.9 Å². The third-order valence-electron chi connectivity index (χ3n) is 4.14. The van der Waals surface area contributed by atoms with Gasteiger partial charge in [-0.15, -0.1) is 0 Å². The van der Waals surface area contributed by atoms with E-state index in [0.717, 1.165) is 6.42 Å². The maximum Gasteiger partial charge on any atom is 0.0681 e. The minimum Gasteiger partial charge on any atom is -0.394 e. The molecule has 18 heavy (non-hydrogen) atoms. The highest BCUT2D eigenvalue weighted by atomic mass is 16.5. The Balaban J connectivity index is 1.84. The van der Waals surface area contributed by atoms with Gasteiger partial charge in [-0.25, -0.2) is 0 Å². The zero-order valence-corrected chi connectivity index (χ0v) is 12.1. The number of aliphatic hydroxyl groups excluding tert-OH is 1. The normalized spacial score (nSPS) is 25.2. The monoisotopic (exact) mass is 255 g/mol. The van der Waals surface area contributed by atoms with Crippen molar-refractivity contribution in [3.8, 4) is 0 Å². The summed E-state index contributed by atoms with van der Waals surface area (Å²) < 4.78 is 6.02. The second kappa shape index (κ2) is 5.89. The minimum atomic E-state index is -0.160. The summed E-state index contributed by atoms with van der Waals surface area (Å²) in [5.74, 6) is 1.29. The highest BCUT2D eigenvalue weighted by molar-refractivity contribution is 5.04. The molecule has 0 amide bonds. The lowest BCUT2D eigenvalue weighted by molar-refractivity contribution is -0.0188. The van der Waals surface area contributed by atoms with E-state index in [9.17, 15) is 5.11 Å². The number of hydrogen-bond acceptors (Lipinski definition) is 3. The summed E-state index contributed by atoms with van der Waals surface area (Å²) in [6, 6.07) is 0.627. The van der Waals surface area contributed by atoms with Gasteiger partial charge in [0.15, 0.2) is 0 Å². The summed E-state index contributed by atoms with van der Waals surface area (Å²) in [6.45, 7) is 7.47. The summed E-state index contributed by atoms with van der Waals surface area (Å²) in [5.41, 5.74) is -0.160. The molecule has 0 aliphatic heterocycles. The van der Waals surface area contributed by atoms with Crippen molar-refractivity contribution >= 4 is 0 Å². The third kappa shape index (κ3) is 3.94. The van der Waals surface area contributed by atoms with Gasteiger partial charge < -0.3 is 15.2 Å². The SMILES string of the molecule is CC(C)CC(C)OCC(CO)(NC1CC1)C1CC1. The molecule has 2 aliphatic carbocycles. The molecule has 3 heteroatoms. The Morgan fingerprint density at radius 1 is 1.22 bits per heavy atom. The molecule has 0 aromatic rings. The average molecular weight is 255 g/mol. The van der Waals surface area contributed by atoms with Crippen LogP contribution in [0.3, 0.4) is 0 Å². The van der Waals surface area contributed by atoms with E-state index in [4.69, 9.17) is 4.74 Å². The molecule has 3 nitrogen and oxygen atoms in total. The topological polar surface area (TPSA) is 41.5 Å². The van der Waals surface area contributed by atoms with Gasteiger partial charge in [-0.1, -0.05) is 13.8 Å². The average Bonchev–Trinajstić information content (AvgIpc) is 3.13. The molecule has 0 saturated heterocycles. The van der Waals surface area contributed by atoms with Crippen molar-refractivity contribution in [1.82, 2.24) is 5.32 Å². The summed E-state index contributed by atoms with van der Waals surface area (Å²) in [6.07, 6.45) is 6.38. The van der Waals surface area contributed by atoms with Crippen molar-refractivity contribution in [2.75, 3.05) is 13.2 Å². The first-order chi connectivity index (χ1) is 8.55. The van der Waals surface area contributed by atoms with E-state index in [1.54, 1.807) is 0 Å². The Labute approximate surface area is 111 Å². The molecule has 2 aliphatic rings. The van der Waals surface area contributed by atoms with Gasteiger partial charge in [0.2, 0.25) is 0 Å². The molecule has 2 unspecified atom stereocenters. The van der Waals surface area contributed by atoms with Crippen LogP contribution in [0.15, 0.2) is 0 Å². The van der Waals surface area contributed by atoms with Crippen LogP contribution < -0.4 is 5.32 Å². The van der Waals surface area contributed by atoms with E-state index in [1.165, 1.54) is 25.7 Å². The van der Waals surface area contributed by atoms with Gasteiger partial charge in [0.25, 0.3) is 0 Å². The van der Waals surface area contributed by atoms with Crippen LogP contribution in [-0.4, -0.2) is 36.0 Å². The van der Waals surface area contributed by atoms with E-state index < -0.39 is 0 Å². The molecule has 0 aromatic heterocycles. The van der Waals surface area contributed by atoms with E-state index in [-0.39, 0.29) is 18.2 Å². The highest BCUT2D eigenvalue weighted by Crippen LogP contribution is 2.41. The molecule has 0 radical (unpaired) electrons. The van der Waals surface area contributed by atoms with Gasteiger partial charge in [-0.3, -0.25) is 0 Å². The lowest BCUT2D eigenvalue weighted by Crippen LogP contribution is -2.55. The largest absolute Gasteiger partial charge is 0.394 e. The van der Waals surface area contributed by atoms with Gasteiger partial charge in [-0.05, 0) is 50.9 Å². The summed E-state index contributed by atoms with van der Waals surface area (Å²) in [5, 5.41) is 13.5. The molecule has 0 aromatic carbocycles. The number of rotatable bonds is 9. The molecule has 0 bridgehead atoms. The summed E-state index contributed by atoms with van der Waals surface area (Å²) in [7, 11) is 0. The second-order valence-electron chi connectivity index (χ2n) is 6.76. The molecule has 2 rings (SSSR count). The smallest absolute Gasteiger partial charge is 0.0681 e. The maximum atomic E-state index is 9.82. The zero-order valence-electron chi connectivity index (χ0n) is 12.1. The van der Waals surface area contributed by atoms with E-state index in [2.05, 4.69) is 26.1 Å². The summed E-state index contributed by atoms with van der Waals surface area (Å²) in [4.78, 5) is 0. The van der Waals surface area contributed by atoms with Crippen molar-refractivity contribution < 1.29 is 9.84 Å². The van der Waals surface area contributed by atoms with Crippen LogP contribution >= 0.6 is 0 Å². The lowest BCUT2D eigenvalue weighted by atomic mass is 9.94. The molecule has 2 saturated carbocycles. The molecule has 2 atom stereocenters. The van der Waals surface area contributed by atoms with Crippen molar-refractivity contribution in [2.45, 2.75) is 70.6 Å². The second-order valence-corrected chi connectivity index (χ2v) is 6.76. The van der Waals surface area contributed by atoms with Crippen LogP contribution in [-0.2, 0) is 4.74 Å². The maximum absolute atomic E-state index is 9.82. The Kier molecular flexibility index (Phi) is 4.68. The van der Waals surface area contributed by atoms with E-state index in [0.29, 0.717) is 24.5 Å². The van der Waals surface area contributed by atoms with Crippen LogP contribution in [0.4, 0.5) is 0 Å². The summed E-state index contributed by atoms with van der Waals surface area (Å²) >= 11 is 0. The predicted molar refractivity (Wildman–Crippen MR) is 73.6 cm³/mol. The fraction of sp³-hybridized carbons (Fsp3) is 1.00. The molecular formula is C15H29NO2. The lowest BCUT2D eigenvalue weighted by Gasteiger charge is -2.34. The third-order valence-corrected chi connectivity index (χ3v) is 4.14. The molecule has 0 spiro atoms. The van der Waals surface area contributed by atoms with Crippen molar-refractivity contribution in [3.63, 3.8) is 0 Å². The van der Waals surface area contributed by atoms with Crippen molar-refractivity contribution in [2.24, 2.45) is 11.8 Å². The van der Waals surface area contributed by atoms with Crippen LogP contribution in [0.5, 0.6) is 0 Å². The van der Waals surface area contributed by atoms with Crippen LogP contribution in [0.1, 0.15) is 52.9 Å². The van der Waals surface area contributed by atoms with E-state index >= 15 is 0 Å². The van der Waals surface area contributed by atoms with Gasteiger partial charge >= 0.3 is 0 Å². The van der Waals surface area contributed by atoms with Crippen LogP contribution in [0, 0.1) is 11.8 Å². The minimum absolute atomic E-state index is 0.160. The van der Waals surface area contributed by atoms with Gasteiger partial charge in [0, 0.05) is 6.04 Å². The van der Waals surface area contributed by atoms with Crippen LogP contribution in [0.2, 0.25) is 0 Å².